The highest BCUT2D eigenvalue weighted by atomic mass is 35.5. The van der Waals surface area contributed by atoms with Crippen LogP contribution in [0.5, 0.6) is 0 Å². The van der Waals surface area contributed by atoms with Crippen LogP contribution in [0.1, 0.15) is 32.5 Å². The fourth-order valence-corrected chi connectivity index (χ4v) is 3.69. The SMILES string of the molecule is CCCN(Cc1nc2cc(Cl)ccc2c(=O)[nH]1)CC1(C)CCNC1.Cl. The standard InChI is InChI=1S/C18H25ClN4O.ClH/c1-3-8-23(12-18(2)6-7-20-11-18)10-16-21-15-9-13(19)4-5-14(15)17(24)22-16;/h4-5,9,20H,3,6-8,10-12H2,1-2H3,(H,21,22,24);1H. The van der Waals surface area contributed by atoms with Gasteiger partial charge in [0, 0.05) is 18.1 Å². The summed E-state index contributed by atoms with van der Waals surface area (Å²) in [7, 11) is 0. The van der Waals surface area contributed by atoms with Crippen molar-refractivity contribution in [3.8, 4) is 0 Å². The highest BCUT2D eigenvalue weighted by Gasteiger charge is 2.30. The van der Waals surface area contributed by atoms with Crippen molar-refractivity contribution in [1.82, 2.24) is 20.2 Å². The molecule has 7 heteroatoms. The maximum Gasteiger partial charge on any atom is 0.258 e. The van der Waals surface area contributed by atoms with Crippen LogP contribution < -0.4 is 10.9 Å². The summed E-state index contributed by atoms with van der Waals surface area (Å²) in [6, 6.07) is 5.20. The Kier molecular flexibility index (Phi) is 6.86. The molecule has 1 aromatic heterocycles. The van der Waals surface area contributed by atoms with Gasteiger partial charge in [0.2, 0.25) is 0 Å². The number of aromatic nitrogens is 2. The summed E-state index contributed by atoms with van der Waals surface area (Å²) in [6.07, 6.45) is 2.26. The van der Waals surface area contributed by atoms with Crippen LogP contribution in [0.2, 0.25) is 5.02 Å². The molecule has 1 saturated heterocycles. The Hall–Kier alpha value is -1.14. The summed E-state index contributed by atoms with van der Waals surface area (Å²) < 4.78 is 0. The number of nitrogens with one attached hydrogen (secondary N) is 2. The molecule has 138 valence electrons. The quantitative estimate of drug-likeness (QED) is 0.802. The minimum atomic E-state index is -0.100. The molecule has 0 bridgehead atoms. The summed E-state index contributed by atoms with van der Waals surface area (Å²) >= 11 is 6.04. The molecule has 1 aromatic carbocycles. The number of halogens is 2. The van der Waals surface area contributed by atoms with E-state index in [1.807, 2.05) is 0 Å². The van der Waals surface area contributed by atoms with Gasteiger partial charge in [0.05, 0.1) is 17.4 Å². The lowest BCUT2D eigenvalue weighted by molar-refractivity contribution is 0.167. The van der Waals surface area contributed by atoms with E-state index in [9.17, 15) is 4.79 Å². The van der Waals surface area contributed by atoms with E-state index >= 15 is 0 Å². The second kappa shape index (κ2) is 8.49. The van der Waals surface area contributed by atoms with Crippen molar-refractivity contribution in [2.24, 2.45) is 5.41 Å². The first-order valence-corrected chi connectivity index (χ1v) is 8.98. The predicted molar refractivity (Wildman–Crippen MR) is 106 cm³/mol. The van der Waals surface area contributed by atoms with Crippen molar-refractivity contribution in [2.45, 2.75) is 33.2 Å². The maximum atomic E-state index is 12.3. The molecule has 2 N–H and O–H groups in total. The lowest BCUT2D eigenvalue weighted by atomic mass is 9.89. The molecular formula is C18H26Cl2N4O. The number of hydrogen-bond acceptors (Lipinski definition) is 4. The largest absolute Gasteiger partial charge is 0.316 e. The zero-order chi connectivity index (χ0) is 17.2. The minimum absolute atomic E-state index is 0. The van der Waals surface area contributed by atoms with Gasteiger partial charge in [0.15, 0.2) is 0 Å². The van der Waals surface area contributed by atoms with Gasteiger partial charge in [0.1, 0.15) is 5.82 Å². The van der Waals surface area contributed by atoms with E-state index in [0.717, 1.165) is 32.6 Å². The molecule has 1 aliphatic heterocycles. The molecule has 0 spiro atoms. The number of aromatic amines is 1. The highest BCUT2D eigenvalue weighted by molar-refractivity contribution is 6.31. The van der Waals surface area contributed by atoms with E-state index in [-0.39, 0.29) is 23.4 Å². The lowest BCUT2D eigenvalue weighted by Crippen LogP contribution is -2.38. The molecule has 1 fully saturated rings. The monoisotopic (exact) mass is 384 g/mol. The van der Waals surface area contributed by atoms with Crippen molar-refractivity contribution in [3.63, 3.8) is 0 Å². The zero-order valence-corrected chi connectivity index (χ0v) is 16.3. The third-order valence-electron chi connectivity index (χ3n) is 4.69. The molecule has 0 saturated carbocycles. The molecule has 1 aliphatic rings. The van der Waals surface area contributed by atoms with Crippen LogP contribution in [0.15, 0.2) is 23.0 Å². The van der Waals surface area contributed by atoms with Gasteiger partial charge in [-0.05, 0) is 49.5 Å². The van der Waals surface area contributed by atoms with E-state index in [1.54, 1.807) is 18.2 Å². The van der Waals surface area contributed by atoms with E-state index in [1.165, 1.54) is 6.42 Å². The fourth-order valence-electron chi connectivity index (χ4n) is 3.52. The van der Waals surface area contributed by atoms with Crippen molar-refractivity contribution >= 4 is 34.9 Å². The van der Waals surface area contributed by atoms with Gasteiger partial charge in [-0.1, -0.05) is 25.4 Å². The molecule has 5 nitrogen and oxygen atoms in total. The first-order chi connectivity index (χ1) is 11.5. The first-order valence-electron chi connectivity index (χ1n) is 8.61. The summed E-state index contributed by atoms with van der Waals surface area (Å²) in [4.78, 5) is 22.2. The Morgan fingerprint density at radius 3 is 2.88 bits per heavy atom. The lowest BCUT2D eigenvalue weighted by Gasteiger charge is -2.31. The number of rotatable bonds is 6. The normalized spacial score (nSPS) is 20.2. The molecule has 1 unspecified atom stereocenters. The predicted octanol–water partition coefficient (Wildman–Crippen LogP) is 3.21. The molecule has 0 amide bonds. The average Bonchev–Trinajstić information content (AvgIpc) is 2.93. The summed E-state index contributed by atoms with van der Waals surface area (Å²) in [5, 5.41) is 4.63. The first kappa shape index (κ1) is 20.2. The summed E-state index contributed by atoms with van der Waals surface area (Å²) in [5.41, 5.74) is 0.846. The van der Waals surface area contributed by atoms with Crippen LogP contribution in [-0.2, 0) is 6.54 Å². The number of H-pyrrole nitrogens is 1. The fraction of sp³-hybridized carbons (Fsp3) is 0.556. The smallest absolute Gasteiger partial charge is 0.258 e. The Bertz CT molecular complexity index is 771. The molecular weight excluding hydrogens is 359 g/mol. The van der Waals surface area contributed by atoms with Gasteiger partial charge in [-0.2, -0.15) is 0 Å². The highest BCUT2D eigenvalue weighted by Crippen LogP contribution is 2.26. The minimum Gasteiger partial charge on any atom is -0.316 e. The Labute approximate surface area is 159 Å². The Morgan fingerprint density at radius 1 is 1.40 bits per heavy atom. The second-order valence-electron chi connectivity index (χ2n) is 7.12. The third kappa shape index (κ3) is 4.94. The zero-order valence-electron chi connectivity index (χ0n) is 14.8. The third-order valence-corrected chi connectivity index (χ3v) is 4.93. The van der Waals surface area contributed by atoms with Crippen LogP contribution in [0, 0.1) is 5.41 Å². The van der Waals surface area contributed by atoms with Gasteiger partial charge in [-0.15, -0.1) is 12.4 Å². The van der Waals surface area contributed by atoms with Gasteiger partial charge in [0.25, 0.3) is 5.56 Å². The number of hydrogen-bond donors (Lipinski definition) is 2. The Morgan fingerprint density at radius 2 is 2.20 bits per heavy atom. The van der Waals surface area contributed by atoms with Crippen LogP contribution in [0.25, 0.3) is 10.9 Å². The molecule has 25 heavy (non-hydrogen) atoms. The molecule has 2 aromatic rings. The summed E-state index contributed by atoms with van der Waals surface area (Å²) in [5.74, 6) is 0.706. The van der Waals surface area contributed by atoms with Crippen LogP contribution >= 0.6 is 24.0 Å². The summed E-state index contributed by atoms with van der Waals surface area (Å²) in [6.45, 7) is 9.29. The van der Waals surface area contributed by atoms with E-state index in [2.05, 4.69) is 34.0 Å². The van der Waals surface area contributed by atoms with Gasteiger partial charge < -0.3 is 10.3 Å². The molecule has 1 atom stereocenters. The van der Waals surface area contributed by atoms with E-state index in [4.69, 9.17) is 11.6 Å². The van der Waals surface area contributed by atoms with Crippen molar-refractivity contribution in [3.05, 3.63) is 39.4 Å². The van der Waals surface area contributed by atoms with E-state index in [0.29, 0.717) is 28.3 Å². The van der Waals surface area contributed by atoms with E-state index < -0.39 is 0 Å². The Balaban J connectivity index is 0.00000225. The molecule has 0 aliphatic carbocycles. The van der Waals surface area contributed by atoms with Crippen LogP contribution in [0.4, 0.5) is 0 Å². The average molecular weight is 385 g/mol. The van der Waals surface area contributed by atoms with Gasteiger partial charge >= 0.3 is 0 Å². The van der Waals surface area contributed by atoms with Gasteiger partial charge in [-0.25, -0.2) is 4.98 Å². The topological polar surface area (TPSA) is 61.0 Å². The van der Waals surface area contributed by atoms with Crippen LogP contribution in [-0.4, -0.2) is 41.0 Å². The van der Waals surface area contributed by atoms with Crippen LogP contribution in [0.3, 0.4) is 0 Å². The molecule has 0 radical (unpaired) electrons. The number of nitrogens with zero attached hydrogens (tertiary/aromatic N) is 2. The number of fused-ring (bicyclic) bond motifs is 1. The molecule has 2 heterocycles. The van der Waals surface area contributed by atoms with Gasteiger partial charge in [-0.3, -0.25) is 9.69 Å². The molecule has 3 rings (SSSR count). The van der Waals surface area contributed by atoms with Crippen molar-refractivity contribution in [2.75, 3.05) is 26.2 Å². The second-order valence-corrected chi connectivity index (χ2v) is 7.56. The van der Waals surface area contributed by atoms with Crippen molar-refractivity contribution < 1.29 is 0 Å². The maximum absolute atomic E-state index is 12.3. The van der Waals surface area contributed by atoms with Crippen molar-refractivity contribution in [1.29, 1.82) is 0 Å². The number of benzene rings is 1.